The molecule has 0 amide bonds. The number of nitrogens with zero attached hydrogens (tertiary/aromatic N) is 2. The minimum atomic E-state index is -2.72. The summed E-state index contributed by atoms with van der Waals surface area (Å²) < 4.78 is 27.0. The predicted molar refractivity (Wildman–Crippen MR) is 68.3 cm³/mol. The Morgan fingerprint density at radius 1 is 1.33 bits per heavy atom. The maximum Gasteiger partial charge on any atom is 0.269 e. The molecule has 1 aromatic heterocycles. The first-order valence-corrected chi connectivity index (χ1v) is 6.00. The Kier molecular flexibility index (Phi) is 5.02. The first kappa shape index (κ1) is 14.8. The van der Waals surface area contributed by atoms with E-state index in [1.807, 2.05) is 32.8 Å². The molecule has 0 saturated heterocycles. The Morgan fingerprint density at radius 2 is 1.94 bits per heavy atom. The van der Waals surface area contributed by atoms with Gasteiger partial charge in [0.15, 0.2) is 0 Å². The summed E-state index contributed by atoms with van der Waals surface area (Å²) in [6.45, 7) is 4.39. The molecule has 18 heavy (non-hydrogen) atoms. The largest absolute Gasteiger partial charge is 0.312 e. The van der Waals surface area contributed by atoms with Crippen LogP contribution in [0.4, 0.5) is 8.78 Å². The molecule has 1 aromatic rings. The average Bonchev–Trinajstić information content (AvgIpc) is 2.26. The fraction of sp³-hybridized carbons (Fsp3) is 0.615. The van der Waals surface area contributed by atoms with Crippen molar-refractivity contribution in [2.24, 2.45) is 0 Å². The predicted octanol–water partition coefficient (Wildman–Crippen LogP) is 2.47. The van der Waals surface area contributed by atoms with Crippen LogP contribution in [-0.2, 0) is 6.42 Å². The monoisotopic (exact) mass is 258 g/mol. The van der Waals surface area contributed by atoms with Gasteiger partial charge in [-0.15, -0.1) is 0 Å². The van der Waals surface area contributed by atoms with E-state index in [2.05, 4.69) is 0 Å². The molecule has 0 aliphatic rings. The van der Waals surface area contributed by atoms with Gasteiger partial charge in [0.1, 0.15) is 0 Å². The molecule has 0 aromatic carbocycles. The quantitative estimate of drug-likeness (QED) is 0.810. The molecule has 0 spiro atoms. The van der Waals surface area contributed by atoms with Gasteiger partial charge in [-0.25, -0.2) is 8.78 Å². The molecule has 0 radical (unpaired) electrons. The molecule has 0 N–H and O–H groups in total. The highest BCUT2D eigenvalue weighted by atomic mass is 19.3. The highest BCUT2D eigenvalue weighted by Gasteiger charge is 2.16. The van der Waals surface area contributed by atoms with Gasteiger partial charge >= 0.3 is 0 Å². The topological polar surface area (TPSA) is 25.2 Å². The third-order valence-electron chi connectivity index (χ3n) is 2.77. The lowest BCUT2D eigenvalue weighted by molar-refractivity contribution is 0.148. The van der Waals surface area contributed by atoms with Crippen LogP contribution >= 0.6 is 0 Å². The van der Waals surface area contributed by atoms with E-state index in [9.17, 15) is 13.6 Å². The van der Waals surface area contributed by atoms with Gasteiger partial charge in [0.25, 0.3) is 12.0 Å². The molecule has 3 nitrogen and oxygen atoms in total. The summed E-state index contributed by atoms with van der Waals surface area (Å²) in [6, 6.07) is 1.21. The van der Waals surface area contributed by atoms with Gasteiger partial charge in [-0.05, 0) is 46.0 Å². The van der Waals surface area contributed by atoms with Crippen LogP contribution in [0.15, 0.2) is 17.1 Å². The number of alkyl halides is 2. The number of likely N-dealkylation sites (N-methyl/N-ethyl adjacent to an activating group) is 1. The summed E-state index contributed by atoms with van der Waals surface area (Å²) in [6.07, 6.45) is -0.385. The highest BCUT2D eigenvalue weighted by Crippen LogP contribution is 2.17. The SMILES string of the molecule is CC(C)n1cc(CCN(C)C)cc(C(F)F)c1=O. The molecule has 5 heteroatoms. The number of hydrogen-bond donors (Lipinski definition) is 0. The standard InChI is InChI=1S/C13H20F2N2O/c1-9(2)17-8-10(5-6-16(3)4)7-11(12(14)15)13(17)18/h7-9,12H,5-6H2,1-4H3. The van der Waals surface area contributed by atoms with Crippen molar-refractivity contribution >= 4 is 0 Å². The normalized spacial score (nSPS) is 11.8. The van der Waals surface area contributed by atoms with Gasteiger partial charge in [0.05, 0.1) is 5.56 Å². The molecule has 102 valence electrons. The van der Waals surface area contributed by atoms with Crippen LogP contribution in [-0.4, -0.2) is 30.1 Å². The van der Waals surface area contributed by atoms with Crippen LogP contribution in [0.2, 0.25) is 0 Å². The Morgan fingerprint density at radius 3 is 2.39 bits per heavy atom. The van der Waals surface area contributed by atoms with Gasteiger partial charge in [0.2, 0.25) is 0 Å². The van der Waals surface area contributed by atoms with E-state index in [0.29, 0.717) is 6.42 Å². The van der Waals surface area contributed by atoms with Crippen molar-refractivity contribution in [3.05, 3.63) is 33.7 Å². The smallest absolute Gasteiger partial charge is 0.269 e. The molecular weight excluding hydrogens is 238 g/mol. The van der Waals surface area contributed by atoms with Crippen molar-refractivity contribution in [1.29, 1.82) is 0 Å². The van der Waals surface area contributed by atoms with E-state index in [1.54, 1.807) is 6.20 Å². The summed E-state index contributed by atoms with van der Waals surface area (Å²) in [4.78, 5) is 13.8. The lowest BCUT2D eigenvalue weighted by Gasteiger charge is -2.15. The van der Waals surface area contributed by atoms with Crippen molar-refractivity contribution < 1.29 is 8.78 Å². The molecule has 0 unspecified atom stereocenters. The second kappa shape index (κ2) is 6.09. The third-order valence-corrected chi connectivity index (χ3v) is 2.77. The van der Waals surface area contributed by atoms with E-state index >= 15 is 0 Å². The van der Waals surface area contributed by atoms with E-state index in [0.717, 1.165) is 12.1 Å². The summed E-state index contributed by atoms with van der Waals surface area (Å²) in [5, 5.41) is 0. The number of hydrogen-bond acceptors (Lipinski definition) is 2. The van der Waals surface area contributed by atoms with Gasteiger partial charge in [0, 0.05) is 18.8 Å². The molecule has 0 aliphatic heterocycles. The van der Waals surface area contributed by atoms with E-state index in [4.69, 9.17) is 0 Å². The summed E-state index contributed by atoms with van der Waals surface area (Å²) >= 11 is 0. The van der Waals surface area contributed by atoms with Crippen molar-refractivity contribution in [3.8, 4) is 0 Å². The summed E-state index contributed by atoms with van der Waals surface area (Å²) in [7, 11) is 3.85. The van der Waals surface area contributed by atoms with Crippen molar-refractivity contribution in [2.75, 3.05) is 20.6 Å². The van der Waals surface area contributed by atoms with Crippen molar-refractivity contribution in [1.82, 2.24) is 9.47 Å². The van der Waals surface area contributed by atoms with Crippen LogP contribution in [0.25, 0.3) is 0 Å². The van der Waals surface area contributed by atoms with Crippen LogP contribution in [0.5, 0.6) is 0 Å². The number of pyridine rings is 1. The molecule has 0 atom stereocenters. The molecule has 0 bridgehead atoms. The molecule has 1 rings (SSSR count). The van der Waals surface area contributed by atoms with E-state index in [-0.39, 0.29) is 6.04 Å². The zero-order valence-corrected chi connectivity index (χ0v) is 11.3. The maximum absolute atomic E-state index is 12.8. The zero-order chi connectivity index (χ0) is 13.9. The first-order valence-electron chi connectivity index (χ1n) is 6.00. The van der Waals surface area contributed by atoms with Gasteiger partial charge in [-0.3, -0.25) is 4.79 Å². The summed E-state index contributed by atoms with van der Waals surface area (Å²) in [5.41, 5.74) is -0.221. The second-order valence-electron chi connectivity index (χ2n) is 4.96. The lowest BCUT2D eigenvalue weighted by Crippen LogP contribution is -2.26. The number of aromatic nitrogens is 1. The third kappa shape index (κ3) is 3.63. The van der Waals surface area contributed by atoms with Gasteiger partial charge < -0.3 is 9.47 Å². The van der Waals surface area contributed by atoms with Crippen molar-refractivity contribution in [2.45, 2.75) is 32.7 Å². The Hall–Kier alpha value is -1.23. The van der Waals surface area contributed by atoms with Crippen LogP contribution < -0.4 is 5.56 Å². The Bertz CT molecular complexity index is 421. The molecule has 1 heterocycles. The summed E-state index contributed by atoms with van der Waals surface area (Å²) in [5.74, 6) is 0. The first-order chi connectivity index (χ1) is 8.32. The maximum atomic E-state index is 12.8. The number of halogens is 2. The average molecular weight is 258 g/mol. The van der Waals surface area contributed by atoms with Crippen molar-refractivity contribution in [3.63, 3.8) is 0 Å². The Balaban J connectivity index is 3.17. The highest BCUT2D eigenvalue weighted by molar-refractivity contribution is 5.21. The fourth-order valence-corrected chi connectivity index (χ4v) is 1.71. The lowest BCUT2D eigenvalue weighted by atomic mass is 10.1. The second-order valence-corrected chi connectivity index (χ2v) is 4.96. The van der Waals surface area contributed by atoms with Crippen LogP contribution in [0.3, 0.4) is 0 Å². The minimum absolute atomic E-state index is 0.116. The van der Waals surface area contributed by atoms with Gasteiger partial charge in [-0.2, -0.15) is 0 Å². The zero-order valence-electron chi connectivity index (χ0n) is 11.3. The van der Waals surface area contributed by atoms with E-state index in [1.165, 1.54) is 10.6 Å². The fourth-order valence-electron chi connectivity index (χ4n) is 1.71. The molecule has 0 aliphatic carbocycles. The molecule has 0 fully saturated rings. The van der Waals surface area contributed by atoms with Crippen LogP contribution in [0, 0.1) is 0 Å². The minimum Gasteiger partial charge on any atom is -0.312 e. The van der Waals surface area contributed by atoms with Gasteiger partial charge in [-0.1, -0.05) is 0 Å². The van der Waals surface area contributed by atoms with E-state index < -0.39 is 17.5 Å². The Labute approximate surface area is 106 Å². The van der Waals surface area contributed by atoms with Crippen LogP contribution in [0.1, 0.15) is 37.4 Å². The number of rotatable bonds is 5. The molecular formula is C13H20F2N2O. The molecule has 0 saturated carbocycles.